The van der Waals surface area contributed by atoms with E-state index in [9.17, 15) is 0 Å². The van der Waals surface area contributed by atoms with Crippen LogP contribution in [0.25, 0.3) is 76.7 Å². The minimum Gasteiger partial charge on any atom is -0.256 e. The van der Waals surface area contributed by atoms with Gasteiger partial charge in [-0.25, -0.2) is 0 Å². The Bertz CT molecular complexity index is 2090. The van der Waals surface area contributed by atoms with Crippen molar-refractivity contribution in [3.05, 3.63) is 134 Å². The van der Waals surface area contributed by atoms with Crippen LogP contribution < -0.4 is 0 Å². The van der Waals surface area contributed by atoms with Gasteiger partial charge in [-0.15, -0.1) is 0 Å². The summed E-state index contributed by atoms with van der Waals surface area (Å²) in [4.78, 5) is 9.47. The first-order chi connectivity index (χ1) is 18.8. The molecule has 0 amide bonds. The van der Waals surface area contributed by atoms with Gasteiger partial charge in [-0.05, 0) is 73.1 Å². The first-order valence-corrected chi connectivity index (χ1v) is 12.9. The molecule has 0 radical (unpaired) electrons. The van der Waals surface area contributed by atoms with Gasteiger partial charge in [0, 0.05) is 28.9 Å². The summed E-state index contributed by atoms with van der Waals surface area (Å²) in [5, 5.41) is 10.00. The maximum absolute atomic E-state index is 4.94. The Balaban J connectivity index is 1.43. The van der Waals surface area contributed by atoms with Crippen LogP contribution in [0.3, 0.4) is 0 Å². The molecule has 2 nitrogen and oxygen atoms in total. The normalized spacial score (nSPS) is 11.7. The van der Waals surface area contributed by atoms with E-state index in [0.29, 0.717) is 0 Å². The van der Waals surface area contributed by atoms with Crippen molar-refractivity contribution in [3.63, 3.8) is 0 Å². The molecule has 0 spiro atoms. The summed E-state index contributed by atoms with van der Waals surface area (Å²) in [6.45, 7) is 0. The molecule has 2 aromatic heterocycles. The topological polar surface area (TPSA) is 25.8 Å². The summed E-state index contributed by atoms with van der Waals surface area (Å²) < 4.78 is 0. The van der Waals surface area contributed by atoms with Gasteiger partial charge in [0.2, 0.25) is 0 Å². The van der Waals surface area contributed by atoms with Crippen molar-refractivity contribution < 1.29 is 0 Å². The summed E-state index contributed by atoms with van der Waals surface area (Å²) in [7, 11) is 0. The second-order valence-corrected chi connectivity index (χ2v) is 9.86. The highest BCUT2D eigenvalue weighted by atomic mass is 14.7. The van der Waals surface area contributed by atoms with Gasteiger partial charge in [0.25, 0.3) is 0 Å². The fourth-order valence-corrected chi connectivity index (χ4v) is 5.87. The average molecular weight is 483 g/mol. The molecular weight excluding hydrogens is 460 g/mol. The smallest absolute Gasteiger partial charge is 0.0714 e. The Hall–Kier alpha value is -5.08. The van der Waals surface area contributed by atoms with Gasteiger partial charge < -0.3 is 0 Å². The molecule has 0 aliphatic rings. The zero-order valence-corrected chi connectivity index (χ0v) is 20.6. The number of nitrogens with zero attached hydrogens (tertiary/aromatic N) is 2. The fraction of sp³-hybridized carbons (Fsp3) is 0. The molecule has 0 saturated heterocycles. The average Bonchev–Trinajstić information content (AvgIpc) is 3.00. The Morgan fingerprint density at radius 2 is 1.08 bits per heavy atom. The summed E-state index contributed by atoms with van der Waals surface area (Å²) in [5.74, 6) is 0. The molecule has 38 heavy (non-hydrogen) atoms. The molecule has 0 atom stereocenters. The third-order valence-corrected chi connectivity index (χ3v) is 7.71. The first-order valence-electron chi connectivity index (χ1n) is 12.9. The van der Waals surface area contributed by atoms with Crippen LogP contribution in [0, 0.1) is 0 Å². The molecule has 8 rings (SSSR count). The lowest BCUT2D eigenvalue weighted by atomic mass is 9.86. The van der Waals surface area contributed by atoms with Crippen LogP contribution >= 0.6 is 0 Å². The van der Waals surface area contributed by atoms with Crippen molar-refractivity contribution in [2.24, 2.45) is 0 Å². The van der Waals surface area contributed by atoms with Crippen LogP contribution in [0.1, 0.15) is 0 Å². The van der Waals surface area contributed by atoms with Crippen LogP contribution in [-0.2, 0) is 0 Å². The molecule has 2 heterocycles. The molecule has 0 fully saturated rings. The van der Waals surface area contributed by atoms with E-state index in [4.69, 9.17) is 4.98 Å². The second-order valence-electron chi connectivity index (χ2n) is 9.86. The molecular formula is C36H22N2. The van der Waals surface area contributed by atoms with E-state index in [0.717, 1.165) is 27.9 Å². The third kappa shape index (κ3) is 3.21. The number of hydrogen-bond donors (Lipinski definition) is 0. The van der Waals surface area contributed by atoms with Crippen LogP contribution in [0.15, 0.2) is 134 Å². The molecule has 0 bridgehead atoms. The first kappa shape index (κ1) is 21.0. The lowest BCUT2D eigenvalue weighted by Crippen LogP contribution is -1.92. The number of aromatic nitrogens is 2. The van der Waals surface area contributed by atoms with E-state index in [1.165, 1.54) is 48.8 Å². The number of pyridine rings is 2. The second kappa shape index (κ2) is 8.22. The number of hydrogen-bond acceptors (Lipinski definition) is 2. The largest absolute Gasteiger partial charge is 0.256 e. The number of rotatable bonds is 3. The van der Waals surface area contributed by atoms with Gasteiger partial charge >= 0.3 is 0 Å². The maximum atomic E-state index is 4.94. The van der Waals surface area contributed by atoms with Gasteiger partial charge in [-0.2, -0.15) is 0 Å². The van der Waals surface area contributed by atoms with Crippen molar-refractivity contribution in [1.29, 1.82) is 0 Å². The monoisotopic (exact) mass is 482 g/mol. The molecule has 0 aliphatic carbocycles. The summed E-state index contributed by atoms with van der Waals surface area (Å²) in [6, 6.07) is 43.4. The SMILES string of the molecule is c1ccc(-c2ccc(-c3cc(-c4cc5ccccc5cn4)c4ccc5cccc6ccc3c4c65)cc2)nc1. The zero-order valence-electron chi connectivity index (χ0n) is 20.6. The summed E-state index contributed by atoms with van der Waals surface area (Å²) >= 11 is 0. The van der Waals surface area contributed by atoms with Crippen molar-refractivity contribution in [2.75, 3.05) is 0 Å². The standard InChI is InChI=1S/C36H22N2/c1-2-7-28-22-38-34(20-27(28)6-1)32-21-31(23-11-13-24(14-12-23)33-10-3-4-19-37-33)29-17-15-25-8-5-9-26-16-18-30(32)36(29)35(25)26/h1-22H. The Kier molecular flexibility index (Phi) is 4.55. The molecule has 0 saturated carbocycles. The Labute approximate surface area is 220 Å². The van der Waals surface area contributed by atoms with Gasteiger partial charge in [-0.1, -0.05) is 97.1 Å². The molecule has 0 unspecified atom stereocenters. The highest BCUT2D eigenvalue weighted by Crippen LogP contribution is 2.44. The maximum Gasteiger partial charge on any atom is 0.0714 e. The van der Waals surface area contributed by atoms with E-state index in [1.807, 2.05) is 24.5 Å². The van der Waals surface area contributed by atoms with E-state index in [-0.39, 0.29) is 0 Å². The lowest BCUT2D eigenvalue weighted by molar-refractivity contribution is 1.33. The Morgan fingerprint density at radius 3 is 1.84 bits per heavy atom. The Morgan fingerprint density at radius 1 is 0.395 bits per heavy atom. The zero-order chi connectivity index (χ0) is 25.1. The minimum atomic E-state index is 0.982. The lowest BCUT2D eigenvalue weighted by Gasteiger charge is -2.18. The molecule has 0 aliphatic heterocycles. The predicted octanol–water partition coefficient (Wildman–Crippen LogP) is 9.53. The van der Waals surface area contributed by atoms with Crippen LogP contribution in [0.5, 0.6) is 0 Å². The van der Waals surface area contributed by atoms with E-state index >= 15 is 0 Å². The predicted molar refractivity (Wildman–Crippen MR) is 160 cm³/mol. The van der Waals surface area contributed by atoms with E-state index < -0.39 is 0 Å². The van der Waals surface area contributed by atoms with Gasteiger partial charge in [0.15, 0.2) is 0 Å². The van der Waals surface area contributed by atoms with Crippen molar-refractivity contribution >= 4 is 43.1 Å². The highest BCUT2D eigenvalue weighted by Gasteiger charge is 2.17. The fourth-order valence-electron chi connectivity index (χ4n) is 5.87. The number of benzene rings is 6. The van der Waals surface area contributed by atoms with Crippen LogP contribution in [-0.4, -0.2) is 9.97 Å². The van der Waals surface area contributed by atoms with Crippen LogP contribution in [0.2, 0.25) is 0 Å². The summed E-state index contributed by atoms with van der Waals surface area (Å²) in [6.07, 6.45) is 3.83. The van der Waals surface area contributed by atoms with E-state index in [2.05, 4.69) is 114 Å². The highest BCUT2D eigenvalue weighted by molar-refractivity contribution is 6.28. The molecule has 0 N–H and O–H groups in total. The number of fused-ring (bicyclic) bond motifs is 1. The quantitative estimate of drug-likeness (QED) is 0.234. The molecule has 176 valence electrons. The van der Waals surface area contributed by atoms with Gasteiger partial charge in [-0.3, -0.25) is 9.97 Å². The molecule has 2 heteroatoms. The van der Waals surface area contributed by atoms with Gasteiger partial charge in [0.05, 0.1) is 11.4 Å². The van der Waals surface area contributed by atoms with Crippen molar-refractivity contribution in [3.8, 4) is 33.6 Å². The van der Waals surface area contributed by atoms with Crippen LogP contribution in [0.4, 0.5) is 0 Å². The minimum absolute atomic E-state index is 0.982. The summed E-state index contributed by atoms with van der Waals surface area (Å²) in [5.41, 5.74) is 6.65. The van der Waals surface area contributed by atoms with E-state index in [1.54, 1.807) is 0 Å². The van der Waals surface area contributed by atoms with Crippen molar-refractivity contribution in [1.82, 2.24) is 9.97 Å². The third-order valence-electron chi connectivity index (χ3n) is 7.71. The van der Waals surface area contributed by atoms with Crippen molar-refractivity contribution in [2.45, 2.75) is 0 Å². The molecule has 6 aromatic carbocycles. The molecule has 8 aromatic rings. The van der Waals surface area contributed by atoms with Gasteiger partial charge in [0.1, 0.15) is 0 Å².